The molecule has 2 aliphatic rings. The van der Waals surface area contributed by atoms with Crippen molar-refractivity contribution in [3.05, 3.63) is 44.1 Å². The number of hydrogen-bond acceptors (Lipinski definition) is 9. The van der Waals surface area contributed by atoms with Gasteiger partial charge in [-0.15, -0.1) is 0 Å². The number of carbonyl (C=O) groups is 1. The number of aryl methyl sites for hydroxylation is 2. The molecule has 1 aromatic rings. The number of aldehydes is 1. The second kappa shape index (κ2) is 7.79. The lowest BCUT2D eigenvalue weighted by Gasteiger charge is -2.26. The largest absolute Gasteiger partial charge is 0.388 e. The van der Waals surface area contributed by atoms with Crippen LogP contribution in [0.5, 0.6) is 0 Å². The van der Waals surface area contributed by atoms with Crippen molar-refractivity contribution in [1.29, 1.82) is 0 Å². The first-order chi connectivity index (χ1) is 13.6. The predicted octanol–water partition coefficient (Wildman–Crippen LogP) is -2.16. The minimum Gasteiger partial charge on any atom is -0.388 e. The topological polar surface area (TPSA) is 179 Å². The first kappa shape index (κ1) is 20.7. The summed E-state index contributed by atoms with van der Waals surface area (Å²) in [6.07, 6.45) is -7.35. The summed E-state index contributed by atoms with van der Waals surface area (Å²) in [7, 11) is 0. The van der Waals surface area contributed by atoms with Gasteiger partial charge < -0.3 is 29.8 Å². The summed E-state index contributed by atoms with van der Waals surface area (Å²) in [4.78, 5) is 44.6. The molecule has 2 aliphatic heterocycles. The van der Waals surface area contributed by atoms with Gasteiger partial charge in [0.15, 0.2) is 17.8 Å². The van der Waals surface area contributed by atoms with Crippen molar-refractivity contribution >= 4 is 17.3 Å². The van der Waals surface area contributed by atoms with Crippen LogP contribution in [0.1, 0.15) is 11.1 Å². The van der Waals surface area contributed by atoms with Gasteiger partial charge in [0.05, 0.1) is 17.6 Å². The minimum absolute atomic E-state index is 0.0297. The van der Waals surface area contributed by atoms with Gasteiger partial charge in [-0.25, -0.2) is 9.78 Å². The number of benzene rings is 1. The third kappa shape index (κ3) is 3.80. The fourth-order valence-corrected chi connectivity index (χ4v) is 3.04. The van der Waals surface area contributed by atoms with Crippen molar-refractivity contribution in [2.45, 2.75) is 44.8 Å². The van der Waals surface area contributed by atoms with Gasteiger partial charge in [0.25, 0.3) is 5.56 Å². The monoisotopic (exact) mass is 404 g/mol. The number of nitrogens with zero attached hydrogens (tertiary/aromatic N) is 3. The zero-order valence-corrected chi connectivity index (χ0v) is 15.6. The molecule has 3 rings (SSSR count). The molecule has 5 N–H and O–H groups in total. The highest BCUT2D eigenvalue weighted by Crippen LogP contribution is 2.24. The molecular formula is C18H20N4O7. The highest BCUT2D eigenvalue weighted by Gasteiger charge is 2.31. The normalized spacial score (nSPS) is 15.9. The number of aromatic nitrogens is 4. The lowest BCUT2D eigenvalue weighted by atomic mass is 10.0. The number of H-pyrrole nitrogens is 1. The third-order valence-electron chi connectivity index (χ3n) is 4.83. The Morgan fingerprint density at radius 1 is 1.07 bits per heavy atom. The second-order valence-corrected chi connectivity index (χ2v) is 6.87. The fourth-order valence-electron chi connectivity index (χ4n) is 3.04. The van der Waals surface area contributed by atoms with E-state index in [1.54, 1.807) is 12.1 Å². The van der Waals surface area contributed by atoms with E-state index in [4.69, 9.17) is 0 Å². The number of aromatic amines is 1. The fraction of sp³-hybridized carbons (Fsp3) is 0.389. The SMILES string of the molecule is Cc1cc2nc3c(=O)[nH]c(=O)nc-3n(C[C@H](O)[C@H](O)[C@H](O)[C@H](O)C=O)c2cc1C. The number of carbonyl (C=O) groups excluding carboxylic acids is 1. The average Bonchev–Trinajstić information content (AvgIpc) is 2.68. The van der Waals surface area contributed by atoms with Gasteiger partial charge in [-0.05, 0) is 37.1 Å². The first-order valence-corrected chi connectivity index (χ1v) is 8.73. The zero-order chi connectivity index (χ0) is 21.5. The van der Waals surface area contributed by atoms with Crippen LogP contribution in [-0.2, 0) is 11.3 Å². The van der Waals surface area contributed by atoms with Crippen LogP contribution in [0.3, 0.4) is 0 Å². The van der Waals surface area contributed by atoms with E-state index < -0.39 is 42.2 Å². The summed E-state index contributed by atoms with van der Waals surface area (Å²) in [5.74, 6) is -0.119. The van der Waals surface area contributed by atoms with Gasteiger partial charge in [0.1, 0.15) is 24.4 Å². The lowest BCUT2D eigenvalue weighted by Crippen LogP contribution is -2.46. The Kier molecular flexibility index (Phi) is 5.57. The van der Waals surface area contributed by atoms with Crippen LogP contribution in [0.25, 0.3) is 22.6 Å². The Labute approximate surface area is 163 Å². The second-order valence-electron chi connectivity index (χ2n) is 6.87. The summed E-state index contributed by atoms with van der Waals surface area (Å²) < 4.78 is 1.33. The highest BCUT2D eigenvalue weighted by molar-refractivity contribution is 5.81. The van der Waals surface area contributed by atoms with Gasteiger partial charge in [-0.3, -0.25) is 9.78 Å². The number of aliphatic hydroxyl groups is 4. The highest BCUT2D eigenvalue weighted by atomic mass is 16.4. The van der Waals surface area contributed by atoms with E-state index >= 15 is 0 Å². The number of hydrogen-bond donors (Lipinski definition) is 5. The van der Waals surface area contributed by atoms with Gasteiger partial charge in [0.2, 0.25) is 0 Å². The van der Waals surface area contributed by atoms with Crippen molar-refractivity contribution in [2.75, 3.05) is 0 Å². The Morgan fingerprint density at radius 3 is 2.38 bits per heavy atom. The van der Waals surface area contributed by atoms with Crippen LogP contribution < -0.4 is 11.2 Å². The van der Waals surface area contributed by atoms with E-state index in [1.165, 1.54) is 4.57 Å². The molecule has 1 aromatic carbocycles. The molecule has 0 unspecified atom stereocenters. The summed E-state index contributed by atoms with van der Waals surface area (Å²) in [5.41, 5.74) is 0.761. The molecular weight excluding hydrogens is 384 g/mol. The molecule has 11 heteroatoms. The van der Waals surface area contributed by atoms with Crippen molar-refractivity contribution in [3.8, 4) is 11.5 Å². The molecule has 0 bridgehead atoms. The Balaban J connectivity index is 2.20. The van der Waals surface area contributed by atoms with Crippen molar-refractivity contribution in [1.82, 2.24) is 19.5 Å². The Hall–Kier alpha value is -2.99. The van der Waals surface area contributed by atoms with Crippen LogP contribution in [0.4, 0.5) is 0 Å². The average molecular weight is 404 g/mol. The summed E-state index contributed by atoms with van der Waals surface area (Å²) in [5, 5.41) is 39.7. The molecule has 0 spiro atoms. The van der Waals surface area contributed by atoms with Crippen molar-refractivity contribution < 1.29 is 25.2 Å². The lowest BCUT2D eigenvalue weighted by molar-refractivity contribution is -0.134. The summed E-state index contributed by atoms with van der Waals surface area (Å²) >= 11 is 0. The molecule has 0 saturated carbocycles. The Bertz CT molecular complexity index is 1160. The van der Waals surface area contributed by atoms with E-state index in [-0.39, 0.29) is 17.8 Å². The van der Waals surface area contributed by atoms with E-state index in [9.17, 15) is 34.8 Å². The molecule has 0 radical (unpaired) electrons. The molecule has 0 saturated heterocycles. The van der Waals surface area contributed by atoms with Gasteiger partial charge in [0, 0.05) is 0 Å². The van der Waals surface area contributed by atoms with Crippen LogP contribution in [-0.4, -0.2) is 70.6 Å². The molecule has 0 amide bonds. The zero-order valence-electron chi connectivity index (χ0n) is 15.6. The number of aliphatic hydroxyl groups excluding tert-OH is 4. The molecule has 11 nitrogen and oxygen atoms in total. The van der Waals surface area contributed by atoms with E-state index in [1.807, 2.05) is 18.8 Å². The molecule has 2 heterocycles. The number of rotatable bonds is 6. The van der Waals surface area contributed by atoms with Gasteiger partial charge in [-0.2, -0.15) is 4.98 Å². The maximum Gasteiger partial charge on any atom is 0.349 e. The van der Waals surface area contributed by atoms with Crippen LogP contribution in [0.2, 0.25) is 0 Å². The molecule has 29 heavy (non-hydrogen) atoms. The van der Waals surface area contributed by atoms with Crippen molar-refractivity contribution in [2.24, 2.45) is 0 Å². The number of nitrogens with one attached hydrogen (secondary N) is 1. The standard InChI is InChI=1S/C18H20N4O7/c1-7-3-9-10(4-8(7)2)22(5-11(24)14(26)15(27)12(25)6-23)16-13(19-9)17(28)21-18(29)20-16/h3-4,6,11-12,14-15,24-27H,5H2,1-2H3,(H,21,28,29)/t11-,12+,14-,15+/m0/s1. The molecule has 0 aliphatic carbocycles. The first-order valence-electron chi connectivity index (χ1n) is 8.73. The summed E-state index contributed by atoms with van der Waals surface area (Å²) in [6, 6.07) is 3.44. The van der Waals surface area contributed by atoms with E-state index in [2.05, 4.69) is 9.97 Å². The minimum atomic E-state index is -1.93. The van der Waals surface area contributed by atoms with E-state index in [0.717, 1.165) is 11.1 Å². The quantitative estimate of drug-likeness (QED) is 0.226. The maximum absolute atomic E-state index is 12.2. The van der Waals surface area contributed by atoms with Crippen molar-refractivity contribution in [3.63, 3.8) is 0 Å². The van der Waals surface area contributed by atoms with Gasteiger partial charge >= 0.3 is 5.69 Å². The molecule has 4 atom stereocenters. The van der Waals surface area contributed by atoms with E-state index in [0.29, 0.717) is 11.0 Å². The molecule has 0 fully saturated rings. The van der Waals surface area contributed by atoms with Crippen LogP contribution >= 0.6 is 0 Å². The van der Waals surface area contributed by atoms with Crippen LogP contribution in [0, 0.1) is 13.8 Å². The Morgan fingerprint density at radius 2 is 1.72 bits per heavy atom. The number of fused-ring (bicyclic) bond motifs is 2. The maximum atomic E-state index is 12.2. The molecule has 154 valence electrons. The third-order valence-corrected chi connectivity index (χ3v) is 4.83. The van der Waals surface area contributed by atoms with Gasteiger partial charge in [-0.1, -0.05) is 0 Å². The summed E-state index contributed by atoms with van der Waals surface area (Å²) in [6.45, 7) is 3.28. The smallest absolute Gasteiger partial charge is 0.349 e. The van der Waals surface area contributed by atoms with Crippen LogP contribution in [0.15, 0.2) is 21.7 Å². The molecule has 0 aromatic heterocycles. The predicted molar refractivity (Wildman–Crippen MR) is 101 cm³/mol.